The summed E-state index contributed by atoms with van der Waals surface area (Å²) in [5, 5.41) is 17.8. The van der Waals surface area contributed by atoms with Crippen molar-refractivity contribution >= 4 is 11.8 Å². The van der Waals surface area contributed by atoms with E-state index >= 15 is 0 Å². The minimum atomic E-state index is -0.559. The number of aliphatic hydroxyl groups is 1. The third-order valence-electron chi connectivity index (χ3n) is 8.15. The molecular formula is C27H43N3O3. The summed E-state index contributed by atoms with van der Waals surface area (Å²) in [5.74, 6) is -0.0845. The van der Waals surface area contributed by atoms with Crippen molar-refractivity contribution in [3.05, 3.63) is 30.1 Å². The van der Waals surface area contributed by atoms with E-state index in [2.05, 4.69) is 50.2 Å². The van der Waals surface area contributed by atoms with E-state index in [-0.39, 0.29) is 52.4 Å². The molecule has 3 rings (SSSR count). The highest BCUT2D eigenvalue weighted by Gasteiger charge is 2.53. The Balaban J connectivity index is 1.65. The average Bonchev–Trinajstić information content (AvgIpc) is 2.73. The zero-order valence-corrected chi connectivity index (χ0v) is 21.2. The van der Waals surface area contributed by atoms with Crippen LogP contribution in [0.1, 0.15) is 79.3 Å². The fraction of sp³-hybridized carbons (Fsp3) is 0.741. The van der Waals surface area contributed by atoms with E-state index in [4.69, 9.17) is 0 Å². The Morgan fingerprint density at radius 2 is 1.94 bits per heavy atom. The summed E-state index contributed by atoms with van der Waals surface area (Å²) in [6, 6.07) is 5.72. The molecule has 7 atom stereocenters. The molecule has 2 aliphatic carbocycles. The van der Waals surface area contributed by atoms with Crippen molar-refractivity contribution in [2.24, 2.45) is 34.5 Å². The Hall–Kier alpha value is -1.95. The molecule has 6 heteroatoms. The lowest BCUT2D eigenvalue weighted by molar-refractivity contribution is -0.144. The van der Waals surface area contributed by atoms with Gasteiger partial charge in [-0.05, 0) is 66.4 Å². The lowest BCUT2D eigenvalue weighted by Crippen LogP contribution is -2.58. The number of nitrogens with zero attached hydrogens (tertiary/aromatic N) is 1. The summed E-state index contributed by atoms with van der Waals surface area (Å²) in [7, 11) is 0. The van der Waals surface area contributed by atoms with E-state index in [1.54, 1.807) is 6.20 Å². The van der Waals surface area contributed by atoms with Crippen molar-refractivity contribution in [2.45, 2.75) is 92.3 Å². The molecule has 0 aliphatic heterocycles. The zero-order valence-electron chi connectivity index (χ0n) is 21.2. The maximum Gasteiger partial charge on any atom is 0.223 e. The summed E-state index contributed by atoms with van der Waals surface area (Å²) in [4.78, 5) is 29.8. The average molecular weight is 458 g/mol. The summed E-state index contributed by atoms with van der Waals surface area (Å²) >= 11 is 0. The van der Waals surface area contributed by atoms with Crippen LogP contribution in [0.5, 0.6) is 0 Å². The van der Waals surface area contributed by atoms with Gasteiger partial charge in [0.1, 0.15) is 0 Å². The lowest BCUT2D eigenvalue weighted by Gasteiger charge is -2.56. The number of nitrogens with one attached hydrogen (secondary N) is 2. The number of fused-ring (bicyclic) bond motifs is 1. The van der Waals surface area contributed by atoms with Gasteiger partial charge in [-0.3, -0.25) is 14.6 Å². The van der Waals surface area contributed by atoms with Crippen molar-refractivity contribution in [1.29, 1.82) is 0 Å². The summed E-state index contributed by atoms with van der Waals surface area (Å²) in [6.07, 6.45) is 5.45. The van der Waals surface area contributed by atoms with E-state index < -0.39 is 6.10 Å². The molecule has 1 heterocycles. The van der Waals surface area contributed by atoms with Gasteiger partial charge in [0, 0.05) is 24.6 Å². The first kappa shape index (κ1) is 25.7. The Labute approximate surface area is 199 Å². The maximum atomic E-state index is 12.9. The van der Waals surface area contributed by atoms with Gasteiger partial charge in [0.2, 0.25) is 11.8 Å². The number of pyridine rings is 1. The third kappa shape index (κ3) is 6.14. The van der Waals surface area contributed by atoms with Crippen molar-refractivity contribution in [1.82, 2.24) is 15.6 Å². The van der Waals surface area contributed by atoms with Crippen LogP contribution < -0.4 is 10.6 Å². The van der Waals surface area contributed by atoms with Gasteiger partial charge in [0.15, 0.2) is 0 Å². The van der Waals surface area contributed by atoms with Crippen molar-refractivity contribution in [3.8, 4) is 0 Å². The molecule has 33 heavy (non-hydrogen) atoms. The molecule has 0 spiro atoms. The number of hydrogen-bond acceptors (Lipinski definition) is 4. The Morgan fingerprint density at radius 1 is 1.24 bits per heavy atom. The largest absolute Gasteiger partial charge is 0.392 e. The lowest BCUT2D eigenvalue weighted by atomic mass is 9.51. The van der Waals surface area contributed by atoms with Gasteiger partial charge in [-0.2, -0.15) is 0 Å². The van der Waals surface area contributed by atoms with Crippen LogP contribution in [0.2, 0.25) is 0 Å². The van der Waals surface area contributed by atoms with Gasteiger partial charge < -0.3 is 15.7 Å². The SMILES string of the molecule is C[C@H]1[C@@H]2[C@@H](O)[C@H]([C@H](C)C(=O)NCc3ccccn3)CC[C@@]2(C)CC[C@@H]1NC(=O)CC(C)(C)C. The van der Waals surface area contributed by atoms with Gasteiger partial charge in [-0.15, -0.1) is 0 Å². The normalized spacial score (nSPS) is 33.0. The van der Waals surface area contributed by atoms with Gasteiger partial charge >= 0.3 is 0 Å². The first-order valence-electron chi connectivity index (χ1n) is 12.6. The molecule has 2 saturated carbocycles. The molecule has 0 unspecified atom stereocenters. The van der Waals surface area contributed by atoms with E-state index in [1.165, 1.54) is 0 Å². The number of carbonyl (C=O) groups is 2. The molecule has 0 bridgehead atoms. The van der Waals surface area contributed by atoms with Crippen LogP contribution >= 0.6 is 0 Å². The van der Waals surface area contributed by atoms with Gasteiger partial charge in [0.25, 0.3) is 0 Å². The highest BCUT2D eigenvalue weighted by molar-refractivity contribution is 5.78. The summed E-state index contributed by atoms with van der Waals surface area (Å²) in [5.41, 5.74) is 0.818. The molecule has 2 aliphatic rings. The van der Waals surface area contributed by atoms with E-state index in [0.29, 0.717) is 13.0 Å². The van der Waals surface area contributed by atoms with Crippen molar-refractivity contribution < 1.29 is 14.7 Å². The number of aliphatic hydroxyl groups excluding tert-OH is 1. The van der Waals surface area contributed by atoms with Crippen LogP contribution in [0.15, 0.2) is 24.4 Å². The zero-order chi connectivity index (χ0) is 24.4. The second-order valence-corrected chi connectivity index (χ2v) is 12.0. The van der Waals surface area contributed by atoms with Crippen LogP contribution in [0, 0.1) is 34.5 Å². The van der Waals surface area contributed by atoms with Crippen LogP contribution in [-0.2, 0) is 16.1 Å². The number of amides is 2. The van der Waals surface area contributed by atoms with Crippen molar-refractivity contribution in [3.63, 3.8) is 0 Å². The van der Waals surface area contributed by atoms with E-state index in [0.717, 1.165) is 31.4 Å². The molecule has 0 saturated heterocycles. The molecule has 184 valence electrons. The van der Waals surface area contributed by atoms with Gasteiger partial charge in [-0.1, -0.05) is 47.6 Å². The molecule has 1 aromatic rings. The maximum absolute atomic E-state index is 12.9. The first-order valence-corrected chi connectivity index (χ1v) is 12.6. The number of aromatic nitrogens is 1. The molecule has 0 radical (unpaired) electrons. The third-order valence-corrected chi connectivity index (χ3v) is 8.15. The molecule has 0 aromatic carbocycles. The highest BCUT2D eigenvalue weighted by atomic mass is 16.3. The fourth-order valence-corrected chi connectivity index (χ4v) is 6.27. The van der Waals surface area contributed by atoms with Crippen LogP contribution in [-0.4, -0.2) is 34.1 Å². The fourth-order valence-electron chi connectivity index (χ4n) is 6.27. The molecule has 3 N–H and O–H groups in total. The molecule has 6 nitrogen and oxygen atoms in total. The molecule has 1 aromatic heterocycles. The van der Waals surface area contributed by atoms with E-state index in [9.17, 15) is 14.7 Å². The predicted octanol–water partition coefficient (Wildman–Crippen LogP) is 4.08. The quantitative estimate of drug-likeness (QED) is 0.600. The predicted molar refractivity (Wildman–Crippen MR) is 130 cm³/mol. The van der Waals surface area contributed by atoms with Crippen LogP contribution in [0.25, 0.3) is 0 Å². The number of carbonyl (C=O) groups excluding carboxylic acids is 2. The topological polar surface area (TPSA) is 91.3 Å². The number of hydrogen-bond donors (Lipinski definition) is 3. The Morgan fingerprint density at radius 3 is 2.58 bits per heavy atom. The molecule has 2 amide bonds. The Bertz CT molecular complexity index is 822. The minimum Gasteiger partial charge on any atom is -0.392 e. The van der Waals surface area contributed by atoms with Crippen molar-refractivity contribution in [2.75, 3.05) is 0 Å². The summed E-state index contributed by atoms with van der Waals surface area (Å²) in [6.45, 7) is 13.0. The standard InChI is InChI=1S/C27H43N3O3/c1-17(25(33)29-16-19-9-7-8-14-28-19)20-10-12-27(6)13-11-21(18(2)23(27)24(20)32)30-22(31)15-26(3,4)5/h7-9,14,17-18,20-21,23-24,32H,10-13,15-16H2,1-6H3,(H,29,33)(H,30,31)/t17-,18+,20-,21-,23+,24-,27-/m0/s1. The summed E-state index contributed by atoms with van der Waals surface area (Å²) < 4.78 is 0. The highest BCUT2D eigenvalue weighted by Crippen LogP contribution is 2.55. The molecule has 2 fully saturated rings. The molecular weight excluding hydrogens is 414 g/mol. The number of rotatable bonds is 6. The van der Waals surface area contributed by atoms with Gasteiger partial charge in [0.05, 0.1) is 18.3 Å². The monoisotopic (exact) mass is 457 g/mol. The first-order chi connectivity index (χ1) is 15.4. The van der Waals surface area contributed by atoms with E-state index in [1.807, 2.05) is 25.1 Å². The Kier molecular flexibility index (Phi) is 7.87. The minimum absolute atomic E-state index is 0.0354. The second-order valence-electron chi connectivity index (χ2n) is 12.0. The smallest absolute Gasteiger partial charge is 0.223 e. The van der Waals surface area contributed by atoms with Gasteiger partial charge in [-0.25, -0.2) is 0 Å². The van der Waals surface area contributed by atoms with Crippen LogP contribution in [0.4, 0.5) is 0 Å². The second kappa shape index (κ2) is 10.1. The van der Waals surface area contributed by atoms with Crippen LogP contribution in [0.3, 0.4) is 0 Å².